The second-order valence-electron chi connectivity index (χ2n) is 5.89. The van der Waals surface area contributed by atoms with E-state index in [9.17, 15) is 9.18 Å². The third-order valence-corrected chi connectivity index (χ3v) is 4.26. The number of halogens is 1. The van der Waals surface area contributed by atoms with Crippen molar-refractivity contribution in [3.05, 3.63) is 77.2 Å². The lowest BCUT2D eigenvalue weighted by Crippen LogP contribution is -2.16. The first-order chi connectivity index (χ1) is 12.2. The van der Waals surface area contributed by atoms with Crippen LogP contribution in [0.15, 0.2) is 53.1 Å². The minimum atomic E-state index is -0.320. The van der Waals surface area contributed by atoms with E-state index in [0.717, 1.165) is 11.1 Å². The van der Waals surface area contributed by atoms with Crippen molar-refractivity contribution in [2.24, 2.45) is 0 Å². The highest BCUT2D eigenvalue weighted by molar-refractivity contribution is 5.98. The highest BCUT2D eigenvalue weighted by Gasteiger charge is 2.30. The smallest absolute Gasteiger partial charge is 0.234 e. The number of carbonyl (C=O) groups is 1. The fourth-order valence-electron chi connectivity index (χ4n) is 3.02. The second-order valence-corrected chi connectivity index (χ2v) is 5.89. The Morgan fingerprint density at radius 3 is 2.80 bits per heavy atom. The monoisotopic (exact) mass is 338 g/mol. The van der Waals surface area contributed by atoms with Crippen molar-refractivity contribution in [2.45, 2.75) is 25.4 Å². The molecule has 5 nitrogen and oxygen atoms in total. The van der Waals surface area contributed by atoms with Gasteiger partial charge >= 0.3 is 0 Å². The Balaban J connectivity index is 1.51. The fourth-order valence-corrected chi connectivity index (χ4v) is 3.02. The zero-order valence-corrected chi connectivity index (χ0v) is 13.3. The minimum Gasteiger partial charge on any atom is -0.485 e. The summed E-state index contributed by atoms with van der Waals surface area (Å²) in [7, 11) is 0. The van der Waals surface area contributed by atoms with Crippen molar-refractivity contribution in [2.75, 3.05) is 0 Å². The lowest BCUT2D eigenvalue weighted by atomic mass is 9.82. The summed E-state index contributed by atoms with van der Waals surface area (Å²) >= 11 is 0. The molecule has 0 amide bonds. The number of nitrogens with zero attached hydrogens (tertiary/aromatic N) is 2. The predicted octanol–water partition coefficient (Wildman–Crippen LogP) is 3.90. The van der Waals surface area contributed by atoms with Gasteiger partial charge in [-0.05, 0) is 36.2 Å². The average molecular weight is 338 g/mol. The van der Waals surface area contributed by atoms with E-state index in [-0.39, 0.29) is 24.1 Å². The van der Waals surface area contributed by atoms with Crippen LogP contribution in [-0.2, 0) is 6.61 Å². The van der Waals surface area contributed by atoms with Crippen molar-refractivity contribution in [3.63, 3.8) is 0 Å². The van der Waals surface area contributed by atoms with Crippen LogP contribution in [0.2, 0.25) is 0 Å². The molecule has 6 heteroatoms. The molecule has 0 fully saturated rings. The summed E-state index contributed by atoms with van der Waals surface area (Å²) in [4.78, 5) is 16.4. The molecule has 4 rings (SSSR count). The zero-order valence-electron chi connectivity index (χ0n) is 13.3. The number of rotatable bonds is 4. The number of hydrogen-bond acceptors (Lipinski definition) is 5. The molecule has 1 aliphatic rings. The lowest BCUT2D eigenvalue weighted by Gasteiger charge is -2.21. The number of ether oxygens (including phenoxy) is 1. The Bertz CT molecular complexity index is 905. The number of aromatic nitrogens is 2. The van der Waals surface area contributed by atoms with Gasteiger partial charge in [0.05, 0.1) is 5.92 Å². The molecule has 25 heavy (non-hydrogen) atoms. The minimum absolute atomic E-state index is 0.0824. The normalized spacial score (nSPS) is 16.5. The van der Waals surface area contributed by atoms with Gasteiger partial charge in [-0.2, -0.15) is 4.98 Å². The van der Waals surface area contributed by atoms with E-state index in [4.69, 9.17) is 9.26 Å². The average Bonchev–Trinajstić information content (AvgIpc) is 3.11. The molecule has 0 spiro atoms. The van der Waals surface area contributed by atoms with Crippen molar-refractivity contribution < 1.29 is 18.4 Å². The lowest BCUT2D eigenvalue weighted by molar-refractivity contribution is 0.0967. The van der Waals surface area contributed by atoms with Crippen LogP contribution in [-0.4, -0.2) is 15.9 Å². The maximum atomic E-state index is 12.9. The van der Waals surface area contributed by atoms with Gasteiger partial charge in [-0.15, -0.1) is 0 Å². The molecule has 0 N–H and O–H groups in total. The molecule has 1 aromatic heterocycles. The zero-order chi connectivity index (χ0) is 17.2. The van der Waals surface area contributed by atoms with Crippen molar-refractivity contribution >= 4 is 5.78 Å². The van der Waals surface area contributed by atoms with Crippen LogP contribution < -0.4 is 4.74 Å². The number of carbonyl (C=O) groups excluding carboxylic acids is 1. The predicted molar refractivity (Wildman–Crippen MR) is 86.9 cm³/mol. The second kappa shape index (κ2) is 6.47. The third-order valence-electron chi connectivity index (χ3n) is 4.26. The van der Waals surface area contributed by atoms with Crippen molar-refractivity contribution in [1.29, 1.82) is 0 Å². The van der Waals surface area contributed by atoms with Gasteiger partial charge in [0, 0.05) is 12.0 Å². The Kier molecular flexibility index (Phi) is 4.01. The molecule has 1 unspecified atom stereocenters. The summed E-state index contributed by atoms with van der Waals surface area (Å²) in [6.45, 7) is 0.127. The maximum absolute atomic E-state index is 12.9. The van der Waals surface area contributed by atoms with Gasteiger partial charge in [0.1, 0.15) is 11.6 Å². The molecule has 3 aromatic rings. The molecule has 2 aromatic carbocycles. The van der Waals surface area contributed by atoms with Crippen LogP contribution in [0.5, 0.6) is 5.75 Å². The standard InChI is InChI=1S/C19H15FN2O3/c20-12-5-7-13(8-6-12)24-11-18-21-19(25-22-18)16-9-10-17(23)15-4-2-1-3-14(15)16/h1-8,16H,9-11H2. The molecule has 0 bridgehead atoms. The highest BCUT2D eigenvalue weighted by atomic mass is 19.1. The van der Waals surface area contributed by atoms with Gasteiger partial charge in [-0.3, -0.25) is 4.79 Å². The van der Waals surface area contributed by atoms with Gasteiger partial charge in [0.2, 0.25) is 11.7 Å². The van der Waals surface area contributed by atoms with E-state index in [2.05, 4.69) is 10.1 Å². The van der Waals surface area contributed by atoms with Crippen LogP contribution in [0.4, 0.5) is 4.39 Å². The van der Waals surface area contributed by atoms with E-state index >= 15 is 0 Å². The molecule has 0 saturated heterocycles. The van der Waals surface area contributed by atoms with Gasteiger partial charge in [-0.25, -0.2) is 4.39 Å². The SMILES string of the molecule is O=C1CCC(c2nc(COc3ccc(F)cc3)no2)c2ccccc21. The Labute approximate surface area is 143 Å². The van der Waals surface area contributed by atoms with Gasteiger partial charge < -0.3 is 9.26 Å². The van der Waals surface area contributed by atoms with Crippen molar-refractivity contribution in [3.8, 4) is 5.75 Å². The van der Waals surface area contributed by atoms with Crippen LogP contribution in [0, 0.1) is 5.82 Å². The summed E-state index contributed by atoms with van der Waals surface area (Å²) < 4.78 is 23.8. The van der Waals surface area contributed by atoms with E-state index < -0.39 is 0 Å². The van der Waals surface area contributed by atoms with Crippen LogP contribution in [0.3, 0.4) is 0 Å². The molecular weight excluding hydrogens is 323 g/mol. The molecule has 0 radical (unpaired) electrons. The van der Waals surface area contributed by atoms with E-state index in [0.29, 0.717) is 30.3 Å². The molecule has 1 atom stereocenters. The summed E-state index contributed by atoms with van der Waals surface area (Å²) in [6.07, 6.45) is 1.11. The molecule has 0 aliphatic heterocycles. The molecule has 1 aliphatic carbocycles. The largest absolute Gasteiger partial charge is 0.485 e. The molecular formula is C19H15FN2O3. The quantitative estimate of drug-likeness (QED) is 0.722. The van der Waals surface area contributed by atoms with Gasteiger partial charge in [0.15, 0.2) is 12.4 Å². The number of ketones is 1. The molecule has 1 heterocycles. The topological polar surface area (TPSA) is 65.2 Å². The summed E-state index contributed by atoms with van der Waals surface area (Å²) in [6, 6.07) is 13.3. The summed E-state index contributed by atoms with van der Waals surface area (Å²) in [5, 5.41) is 3.95. The molecule has 126 valence electrons. The van der Waals surface area contributed by atoms with Gasteiger partial charge in [0.25, 0.3) is 0 Å². The molecule has 0 saturated carbocycles. The maximum Gasteiger partial charge on any atom is 0.234 e. The number of Topliss-reactive ketones (excluding diaryl/α,β-unsaturated/α-hetero) is 1. The number of hydrogen-bond donors (Lipinski definition) is 0. The van der Waals surface area contributed by atoms with E-state index in [1.54, 1.807) is 12.1 Å². The first-order valence-electron chi connectivity index (χ1n) is 8.03. The highest BCUT2D eigenvalue weighted by Crippen LogP contribution is 2.35. The van der Waals surface area contributed by atoms with E-state index in [1.807, 2.05) is 24.3 Å². The van der Waals surface area contributed by atoms with Crippen molar-refractivity contribution in [1.82, 2.24) is 10.1 Å². The van der Waals surface area contributed by atoms with Crippen LogP contribution in [0.1, 0.15) is 46.4 Å². The third kappa shape index (κ3) is 3.15. The first kappa shape index (κ1) is 15.5. The number of benzene rings is 2. The summed E-state index contributed by atoms with van der Waals surface area (Å²) in [5.74, 6) is 1.17. The van der Waals surface area contributed by atoms with Crippen LogP contribution >= 0.6 is 0 Å². The Morgan fingerprint density at radius 2 is 1.96 bits per heavy atom. The van der Waals surface area contributed by atoms with Gasteiger partial charge in [-0.1, -0.05) is 29.4 Å². The number of fused-ring (bicyclic) bond motifs is 1. The fraction of sp³-hybridized carbons (Fsp3) is 0.211. The van der Waals surface area contributed by atoms with E-state index in [1.165, 1.54) is 12.1 Å². The summed E-state index contributed by atoms with van der Waals surface area (Å²) in [5.41, 5.74) is 1.65. The van der Waals surface area contributed by atoms with Crippen LogP contribution in [0.25, 0.3) is 0 Å². The Morgan fingerprint density at radius 1 is 1.16 bits per heavy atom. The Hall–Kier alpha value is -3.02. The first-order valence-corrected chi connectivity index (χ1v) is 8.03.